The molecule has 0 aliphatic rings. The minimum atomic E-state index is -1.20. The van der Waals surface area contributed by atoms with E-state index in [4.69, 9.17) is 10.2 Å². The zero-order valence-corrected chi connectivity index (χ0v) is 9.24. The Morgan fingerprint density at radius 2 is 1.79 bits per heavy atom. The van der Waals surface area contributed by atoms with Crippen LogP contribution in [-0.2, 0) is 4.79 Å². The zero-order chi connectivity index (χ0) is 11.6. The van der Waals surface area contributed by atoms with Crippen LogP contribution in [0, 0.1) is 10.8 Å². The lowest BCUT2D eigenvalue weighted by atomic mass is 9.71. The summed E-state index contributed by atoms with van der Waals surface area (Å²) in [5.41, 5.74) is -1.70. The third-order valence-corrected chi connectivity index (χ3v) is 2.68. The van der Waals surface area contributed by atoms with Gasteiger partial charge in [-0.2, -0.15) is 0 Å². The first kappa shape index (κ1) is 13.4. The van der Waals surface area contributed by atoms with Crippen LogP contribution in [0.25, 0.3) is 0 Å². The molecule has 0 aromatic rings. The molecule has 2 unspecified atom stereocenters. The fraction of sp³-hybridized carbons (Fsp3) is 0.900. The van der Waals surface area contributed by atoms with Crippen LogP contribution in [0.2, 0.25) is 0 Å². The normalized spacial score (nSPS) is 18.7. The first-order valence-electron chi connectivity index (χ1n) is 4.68. The third-order valence-electron chi connectivity index (χ3n) is 2.68. The molecule has 0 aromatic heterocycles. The molecule has 84 valence electrons. The molecule has 0 aliphatic carbocycles. The van der Waals surface area contributed by atoms with Crippen molar-refractivity contribution in [2.75, 3.05) is 6.61 Å². The molecule has 0 saturated carbocycles. The standard InChI is InChI=1S/C10H20O4/c1-7(12)10(4,8(13)14)5-9(2,3)6-11/h7,11-12H,5-6H2,1-4H3,(H,13,14). The number of carboxylic acid groups (broad SMARTS) is 1. The van der Waals surface area contributed by atoms with E-state index in [1.807, 2.05) is 0 Å². The maximum absolute atomic E-state index is 11.0. The molecule has 0 aliphatic heterocycles. The topological polar surface area (TPSA) is 77.8 Å². The van der Waals surface area contributed by atoms with E-state index in [-0.39, 0.29) is 13.0 Å². The molecule has 0 fully saturated rings. The summed E-state index contributed by atoms with van der Waals surface area (Å²) in [4.78, 5) is 11.0. The first-order chi connectivity index (χ1) is 6.15. The monoisotopic (exact) mass is 204 g/mol. The lowest BCUT2D eigenvalue weighted by Gasteiger charge is -2.35. The van der Waals surface area contributed by atoms with Gasteiger partial charge in [-0.05, 0) is 25.7 Å². The van der Waals surface area contributed by atoms with E-state index in [1.54, 1.807) is 13.8 Å². The molecular weight excluding hydrogens is 184 g/mol. The van der Waals surface area contributed by atoms with Gasteiger partial charge >= 0.3 is 5.97 Å². The largest absolute Gasteiger partial charge is 0.481 e. The summed E-state index contributed by atoms with van der Waals surface area (Å²) >= 11 is 0. The Kier molecular flexibility index (Phi) is 4.09. The van der Waals surface area contributed by atoms with Crippen molar-refractivity contribution >= 4 is 5.97 Å². The van der Waals surface area contributed by atoms with Gasteiger partial charge in [-0.3, -0.25) is 4.79 Å². The van der Waals surface area contributed by atoms with Crippen molar-refractivity contribution in [2.24, 2.45) is 10.8 Å². The van der Waals surface area contributed by atoms with Crippen LogP contribution in [0.4, 0.5) is 0 Å². The summed E-state index contributed by atoms with van der Waals surface area (Å²) < 4.78 is 0. The highest BCUT2D eigenvalue weighted by Crippen LogP contribution is 2.36. The smallest absolute Gasteiger partial charge is 0.311 e. The molecule has 4 heteroatoms. The molecule has 0 saturated heterocycles. The van der Waals surface area contributed by atoms with E-state index in [1.165, 1.54) is 13.8 Å². The van der Waals surface area contributed by atoms with Gasteiger partial charge in [0, 0.05) is 6.61 Å². The van der Waals surface area contributed by atoms with E-state index in [2.05, 4.69) is 0 Å². The molecule has 14 heavy (non-hydrogen) atoms. The van der Waals surface area contributed by atoms with E-state index < -0.39 is 22.9 Å². The van der Waals surface area contributed by atoms with Gasteiger partial charge in [-0.1, -0.05) is 13.8 Å². The van der Waals surface area contributed by atoms with E-state index >= 15 is 0 Å². The van der Waals surface area contributed by atoms with Crippen molar-refractivity contribution in [1.29, 1.82) is 0 Å². The first-order valence-corrected chi connectivity index (χ1v) is 4.68. The Morgan fingerprint density at radius 3 is 2.00 bits per heavy atom. The third kappa shape index (κ3) is 2.96. The van der Waals surface area contributed by atoms with Crippen LogP contribution < -0.4 is 0 Å². The molecule has 2 atom stereocenters. The minimum absolute atomic E-state index is 0.0947. The number of aliphatic carboxylic acids is 1. The average Bonchev–Trinajstić information content (AvgIpc) is 2.03. The van der Waals surface area contributed by atoms with Crippen LogP contribution >= 0.6 is 0 Å². The van der Waals surface area contributed by atoms with Gasteiger partial charge in [-0.25, -0.2) is 0 Å². The zero-order valence-electron chi connectivity index (χ0n) is 9.24. The summed E-state index contributed by atoms with van der Waals surface area (Å²) in [5.74, 6) is -1.03. The Hall–Kier alpha value is -0.610. The van der Waals surface area contributed by atoms with Crippen LogP contribution in [0.1, 0.15) is 34.1 Å². The van der Waals surface area contributed by atoms with Crippen LogP contribution in [0.3, 0.4) is 0 Å². The SMILES string of the molecule is CC(O)C(C)(CC(C)(C)CO)C(=O)O. The number of hydrogen-bond acceptors (Lipinski definition) is 3. The number of aliphatic hydroxyl groups excluding tert-OH is 2. The van der Waals surface area contributed by atoms with Crippen molar-refractivity contribution in [3.63, 3.8) is 0 Å². The molecule has 0 rings (SSSR count). The molecule has 0 aromatic carbocycles. The van der Waals surface area contributed by atoms with Crippen LogP contribution in [0.5, 0.6) is 0 Å². The van der Waals surface area contributed by atoms with E-state index in [0.29, 0.717) is 0 Å². The quantitative estimate of drug-likeness (QED) is 0.621. The molecular formula is C10H20O4. The second-order valence-corrected chi connectivity index (χ2v) is 4.90. The summed E-state index contributed by atoms with van der Waals surface area (Å²) in [5, 5.41) is 27.5. The summed E-state index contributed by atoms with van der Waals surface area (Å²) in [7, 11) is 0. The Labute approximate surface area is 84.6 Å². The highest BCUT2D eigenvalue weighted by Gasteiger charge is 2.42. The van der Waals surface area contributed by atoms with Gasteiger partial charge in [0.1, 0.15) is 0 Å². The molecule has 3 N–H and O–H groups in total. The van der Waals surface area contributed by atoms with Crippen LogP contribution in [-0.4, -0.2) is 34.0 Å². The van der Waals surface area contributed by atoms with E-state index in [0.717, 1.165) is 0 Å². The van der Waals surface area contributed by atoms with Crippen molar-refractivity contribution in [2.45, 2.75) is 40.2 Å². The summed E-state index contributed by atoms with van der Waals surface area (Å²) in [6.07, 6.45) is -0.699. The van der Waals surface area contributed by atoms with E-state index in [9.17, 15) is 9.90 Å². The second-order valence-electron chi connectivity index (χ2n) is 4.90. The predicted octanol–water partition coefficient (Wildman–Crippen LogP) is 0.867. The van der Waals surface area contributed by atoms with Gasteiger partial charge in [0.15, 0.2) is 0 Å². The number of aliphatic hydroxyl groups is 2. The predicted molar refractivity (Wildman–Crippen MR) is 52.9 cm³/mol. The summed E-state index contributed by atoms with van der Waals surface area (Å²) in [6.45, 7) is 6.41. The lowest BCUT2D eigenvalue weighted by Crippen LogP contribution is -2.42. The molecule has 0 bridgehead atoms. The van der Waals surface area contributed by atoms with Crippen molar-refractivity contribution in [1.82, 2.24) is 0 Å². The maximum Gasteiger partial charge on any atom is 0.311 e. The van der Waals surface area contributed by atoms with Crippen molar-refractivity contribution in [3.8, 4) is 0 Å². The van der Waals surface area contributed by atoms with Gasteiger partial charge in [0.2, 0.25) is 0 Å². The maximum atomic E-state index is 11.0. The molecule has 0 spiro atoms. The highest BCUT2D eigenvalue weighted by molar-refractivity contribution is 5.74. The van der Waals surface area contributed by atoms with Gasteiger partial charge in [-0.15, -0.1) is 0 Å². The number of hydrogen-bond donors (Lipinski definition) is 3. The Bertz CT molecular complexity index is 210. The number of carbonyl (C=O) groups is 1. The van der Waals surface area contributed by atoms with Crippen LogP contribution in [0.15, 0.2) is 0 Å². The molecule has 0 heterocycles. The van der Waals surface area contributed by atoms with Gasteiger partial charge in [0.05, 0.1) is 11.5 Å². The number of carboxylic acids is 1. The second kappa shape index (κ2) is 4.28. The molecule has 4 nitrogen and oxygen atoms in total. The fourth-order valence-electron chi connectivity index (χ4n) is 1.45. The fourth-order valence-corrected chi connectivity index (χ4v) is 1.45. The van der Waals surface area contributed by atoms with Gasteiger partial charge in [0.25, 0.3) is 0 Å². The highest BCUT2D eigenvalue weighted by atomic mass is 16.4. The Morgan fingerprint density at radius 1 is 1.36 bits per heavy atom. The Balaban J connectivity index is 4.79. The molecule has 0 amide bonds. The van der Waals surface area contributed by atoms with Crippen molar-refractivity contribution in [3.05, 3.63) is 0 Å². The number of rotatable bonds is 5. The molecule has 0 radical (unpaired) electrons. The lowest BCUT2D eigenvalue weighted by molar-refractivity contribution is -0.157. The minimum Gasteiger partial charge on any atom is -0.481 e. The van der Waals surface area contributed by atoms with Crippen molar-refractivity contribution < 1.29 is 20.1 Å². The average molecular weight is 204 g/mol. The van der Waals surface area contributed by atoms with Gasteiger partial charge < -0.3 is 15.3 Å². The summed E-state index contributed by atoms with van der Waals surface area (Å²) in [6, 6.07) is 0.